The van der Waals surface area contributed by atoms with E-state index in [1.807, 2.05) is 6.92 Å². The molecule has 1 atom stereocenters. The Balaban J connectivity index is 2.04. The molecule has 15 heavy (non-hydrogen) atoms. The average Bonchev–Trinajstić information content (AvgIpc) is 2.66. The normalized spacial score (nSPS) is 25.1. The summed E-state index contributed by atoms with van der Waals surface area (Å²) in [4.78, 5) is 19.6. The minimum absolute atomic E-state index is 0.158. The second kappa shape index (κ2) is 3.94. The Morgan fingerprint density at radius 3 is 3.07 bits per heavy atom. The molecule has 1 saturated heterocycles. The molecule has 5 nitrogen and oxygen atoms in total. The Morgan fingerprint density at radius 2 is 2.47 bits per heavy atom. The molecule has 0 saturated carbocycles. The fraction of sp³-hybridized carbons (Fsp3) is 0.500. The van der Waals surface area contributed by atoms with Gasteiger partial charge in [-0.15, -0.1) is 0 Å². The van der Waals surface area contributed by atoms with E-state index in [1.54, 1.807) is 6.20 Å². The van der Waals surface area contributed by atoms with Crippen molar-refractivity contribution in [3.05, 3.63) is 24.3 Å². The molecule has 0 radical (unpaired) electrons. The standard InChI is InChI=1S/C10H14N4O/c1-10(2-3-12-7-10)14-9(15)8-6-11-4-5-13-8/h4-6,12H,2-3,7H2,1H3,(H,14,15). The summed E-state index contributed by atoms with van der Waals surface area (Å²) in [5.41, 5.74) is 0.208. The molecule has 2 N–H and O–H groups in total. The summed E-state index contributed by atoms with van der Waals surface area (Å²) in [5.74, 6) is -0.158. The van der Waals surface area contributed by atoms with Gasteiger partial charge in [0, 0.05) is 18.9 Å². The van der Waals surface area contributed by atoms with Crippen LogP contribution in [0.3, 0.4) is 0 Å². The maximum absolute atomic E-state index is 11.8. The number of carbonyl (C=O) groups is 1. The third-order valence-electron chi connectivity index (χ3n) is 2.58. The van der Waals surface area contributed by atoms with Crippen LogP contribution in [0.25, 0.3) is 0 Å². The van der Waals surface area contributed by atoms with Gasteiger partial charge in [0.05, 0.1) is 11.7 Å². The van der Waals surface area contributed by atoms with Crippen LogP contribution in [-0.2, 0) is 0 Å². The van der Waals surface area contributed by atoms with Crippen LogP contribution in [0.2, 0.25) is 0 Å². The summed E-state index contributed by atoms with van der Waals surface area (Å²) in [6, 6.07) is 0. The summed E-state index contributed by atoms with van der Waals surface area (Å²) >= 11 is 0. The molecule has 2 rings (SSSR count). The van der Waals surface area contributed by atoms with Crippen molar-refractivity contribution >= 4 is 5.91 Å². The first-order chi connectivity index (χ1) is 7.20. The fourth-order valence-electron chi connectivity index (χ4n) is 1.68. The highest BCUT2D eigenvalue weighted by molar-refractivity contribution is 5.92. The zero-order valence-corrected chi connectivity index (χ0v) is 8.66. The number of nitrogens with zero attached hydrogens (tertiary/aromatic N) is 2. The van der Waals surface area contributed by atoms with E-state index in [1.165, 1.54) is 12.4 Å². The van der Waals surface area contributed by atoms with Gasteiger partial charge in [0.25, 0.3) is 5.91 Å². The minimum atomic E-state index is -0.158. The number of hydrogen-bond acceptors (Lipinski definition) is 4. The number of nitrogens with one attached hydrogen (secondary N) is 2. The first-order valence-corrected chi connectivity index (χ1v) is 4.99. The Labute approximate surface area is 88.3 Å². The van der Waals surface area contributed by atoms with E-state index in [0.717, 1.165) is 19.5 Å². The zero-order chi connectivity index (χ0) is 10.7. The second-order valence-electron chi connectivity index (χ2n) is 4.03. The predicted molar refractivity (Wildman–Crippen MR) is 55.4 cm³/mol. The van der Waals surface area contributed by atoms with Crippen molar-refractivity contribution in [1.29, 1.82) is 0 Å². The van der Waals surface area contributed by atoms with Gasteiger partial charge in [0.15, 0.2) is 0 Å². The molecule has 0 bridgehead atoms. The molecule has 0 aromatic carbocycles. The quantitative estimate of drug-likeness (QED) is 0.712. The van der Waals surface area contributed by atoms with Crippen LogP contribution in [0.5, 0.6) is 0 Å². The predicted octanol–water partition coefficient (Wildman–Crippen LogP) is -0.0416. The van der Waals surface area contributed by atoms with E-state index < -0.39 is 0 Å². The van der Waals surface area contributed by atoms with E-state index in [2.05, 4.69) is 20.6 Å². The molecule has 1 aromatic heterocycles. The number of hydrogen-bond donors (Lipinski definition) is 2. The van der Waals surface area contributed by atoms with Crippen molar-refractivity contribution < 1.29 is 4.79 Å². The molecule has 5 heteroatoms. The molecule has 1 aromatic rings. The molecule has 1 fully saturated rings. The third kappa shape index (κ3) is 2.30. The lowest BCUT2D eigenvalue weighted by Crippen LogP contribution is -2.47. The highest BCUT2D eigenvalue weighted by atomic mass is 16.2. The van der Waals surface area contributed by atoms with Gasteiger partial charge in [0.2, 0.25) is 0 Å². The van der Waals surface area contributed by atoms with Gasteiger partial charge in [-0.2, -0.15) is 0 Å². The molecule has 0 spiro atoms. The van der Waals surface area contributed by atoms with Gasteiger partial charge in [0.1, 0.15) is 5.69 Å². The van der Waals surface area contributed by atoms with Crippen LogP contribution in [0.15, 0.2) is 18.6 Å². The van der Waals surface area contributed by atoms with Crippen molar-refractivity contribution in [3.63, 3.8) is 0 Å². The average molecular weight is 206 g/mol. The van der Waals surface area contributed by atoms with Crippen LogP contribution in [0, 0.1) is 0 Å². The van der Waals surface area contributed by atoms with Crippen LogP contribution in [0.4, 0.5) is 0 Å². The van der Waals surface area contributed by atoms with Crippen molar-refractivity contribution in [2.24, 2.45) is 0 Å². The molecule has 1 aliphatic rings. The van der Waals surface area contributed by atoms with Gasteiger partial charge < -0.3 is 10.6 Å². The topological polar surface area (TPSA) is 66.9 Å². The molecule has 1 amide bonds. The lowest BCUT2D eigenvalue weighted by molar-refractivity contribution is 0.0907. The van der Waals surface area contributed by atoms with E-state index in [-0.39, 0.29) is 11.4 Å². The molecule has 0 aliphatic carbocycles. The zero-order valence-electron chi connectivity index (χ0n) is 8.66. The van der Waals surface area contributed by atoms with Crippen LogP contribution >= 0.6 is 0 Å². The molecule has 1 unspecified atom stereocenters. The van der Waals surface area contributed by atoms with Crippen molar-refractivity contribution in [2.75, 3.05) is 13.1 Å². The third-order valence-corrected chi connectivity index (χ3v) is 2.58. The van der Waals surface area contributed by atoms with Crippen LogP contribution < -0.4 is 10.6 Å². The molecule has 2 heterocycles. The van der Waals surface area contributed by atoms with Crippen LogP contribution in [-0.4, -0.2) is 34.5 Å². The SMILES string of the molecule is CC1(NC(=O)c2cnccn2)CCNC1. The van der Waals surface area contributed by atoms with E-state index >= 15 is 0 Å². The first kappa shape index (κ1) is 10.0. The van der Waals surface area contributed by atoms with Gasteiger partial charge in [-0.3, -0.25) is 9.78 Å². The second-order valence-corrected chi connectivity index (χ2v) is 4.03. The first-order valence-electron chi connectivity index (χ1n) is 4.99. The monoisotopic (exact) mass is 206 g/mol. The Morgan fingerprint density at radius 1 is 1.60 bits per heavy atom. The number of rotatable bonds is 2. The van der Waals surface area contributed by atoms with E-state index in [0.29, 0.717) is 5.69 Å². The minimum Gasteiger partial charge on any atom is -0.344 e. The van der Waals surface area contributed by atoms with Gasteiger partial charge in [-0.05, 0) is 19.9 Å². The van der Waals surface area contributed by atoms with Crippen molar-refractivity contribution in [1.82, 2.24) is 20.6 Å². The summed E-state index contributed by atoms with van der Waals surface area (Å²) in [7, 11) is 0. The smallest absolute Gasteiger partial charge is 0.271 e. The summed E-state index contributed by atoms with van der Waals surface area (Å²) in [5, 5.41) is 6.19. The van der Waals surface area contributed by atoms with Crippen molar-refractivity contribution in [2.45, 2.75) is 18.9 Å². The van der Waals surface area contributed by atoms with Gasteiger partial charge in [-0.25, -0.2) is 4.98 Å². The highest BCUT2D eigenvalue weighted by Crippen LogP contribution is 2.13. The van der Waals surface area contributed by atoms with Crippen LogP contribution in [0.1, 0.15) is 23.8 Å². The summed E-state index contributed by atoms with van der Waals surface area (Å²) in [6.07, 6.45) is 5.49. The summed E-state index contributed by atoms with van der Waals surface area (Å²) in [6.45, 7) is 3.78. The van der Waals surface area contributed by atoms with E-state index in [9.17, 15) is 4.79 Å². The Hall–Kier alpha value is -1.49. The maximum atomic E-state index is 11.8. The van der Waals surface area contributed by atoms with E-state index in [4.69, 9.17) is 0 Å². The molecule has 1 aliphatic heterocycles. The molecule has 80 valence electrons. The summed E-state index contributed by atoms with van der Waals surface area (Å²) < 4.78 is 0. The lowest BCUT2D eigenvalue weighted by Gasteiger charge is -2.23. The molecular weight excluding hydrogens is 192 g/mol. The number of aromatic nitrogens is 2. The number of carbonyl (C=O) groups excluding carboxylic acids is 1. The Bertz CT molecular complexity index is 346. The largest absolute Gasteiger partial charge is 0.344 e. The van der Waals surface area contributed by atoms with Gasteiger partial charge >= 0.3 is 0 Å². The highest BCUT2D eigenvalue weighted by Gasteiger charge is 2.30. The molecular formula is C10H14N4O. The fourth-order valence-corrected chi connectivity index (χ4v) is 1.68. The van der Waals surface area contributed by atoms with Crippen molar-refractivity contribution in [3.8, 4) is 0 Å². The number of amides is 1. The maximum Gasteiger partial charge on any atom is 0.271 e. The Kier molecular flexibility index (Phi) is 2.64. The lowest BCUT2D eigenvalue weighted by atomic mass is 10.0. The van der Waals surface area contributed by atoms with Gasteiger partial charge in [-0.1, -0.05) is 0 Å².